The predicted octanol–water partition coefficient (Wildman–Crippen LogP) is 2.89. The van der Waals surface area contributed by atoms with Crippen LogP contribution in [-0.4, -0.2) is 18.3 Å². The lowest BCUT2D eigenvalue weighted by Crippen LogP contribution is -2.02. The van der Waals surface area contributed by atoms with Crippen molar-refractivity contribution in [3.63, 3.8) is 0 Å². The van der Waals surface area contributed by atoms with E-state index in [-0.39, 0.29) is 6.61 Å². The summed E-state index contributed by atoms with van der Waals surface area (Å²) in [6.07, 6.45) is 4.18. The molecule has 0 atom stereocenters. The van der Waals surface area contributed by atoms with E-state index in [9.17, 15) is 0 Å². The normalized spacial score (nSPS) is 10.4. The van der Waals surface area contributed by atoms with Crippen LogP contribution in [0.15, 0.2) is 18.2 Å². The highest BCUT2D eigenvalue weighted by Gasteiger charge is 1.99. The van der Waals surface area contributed by atoms with Crippen LogP contribution in [0.1, 0.15) is 25.7 Å². The number of nitrogens with one attached hydrogen (secondary N) is 1. The molecule has 1 rings (SSSR count). The van der Waals surface area contributed by atoms with Gasteiger partial charge in [-0.25, -0.2) is 0 Å². The van der Waals surface area contributed by atoms with Crippen molar-refractivity contribution in [2.75, 3.05) is 24.2 Å². The summed E-state index contributed by atoms with van der Waals surface area (Å²) in [5.41, 5.74) is 7.21. The van der Waals surface area contributed by atoms with Gasteiger partial charge in [-0.1, -0.05) is 24.4 Å². The van der Waals surface area contributed by atoms with Crippen molar-refractivity contribution in [3.8, 4) is 0 Å². The molecular formula is C12H19ClN2O. The lowest BCUT2D eigenvalue weighted by Gasteiger charge is -2.08. The second kappa shape index (κ2) is 7.36. The van der Waals surface area contributed by atoms with Gasteiger partial charge in [0.15, 0.2) is 0 Å². The Bertz CT molecular complexity index is 318. The van der Waals surface area contributed by atoms with Gasteiger partial charge in [-0.15, -0.1) is 0 Å². The molecule has 0 aliphatic heterocycles. The van der Waals surface area contributed by atoms with Crippen LogP contribution in [0.5, 0.6) is 0 Å². The molecule has 1 aromatic rings. The molecule has 3 nitrogen and oxygen atoms in total. The smallest absolute Gasteiger partial charge is 0.0657 e. The molecule has 0 aromatic heterocycles. The Balaban J connectivity index is 2.21. The largest absolute Gasteiger partial charge is 0.399 e. The number of hydrogen-bond donors (Lipinski definition) is 3. The third kappa shape index (κ3) is 4.73. The molecule has 0 spiro atoms. The van der Waals surface area contributed by atoms with E-state index < -0.39 is 0 Å². The van der Waals surface area contributed by atoms with Crippen molar-refractivity contribution in [1.29, 1.82) is 0 Å². The fourth-order valence-corrected chi connectivity index (χ4v) is 1.74. The maximum absolute atomic E-state index is 8.62. The van der Waals surface area contributed by atoms with E-state index in [0.717, 1.165) is 37.9 Å². The topological polar surface area (TPSA) is 58.3 Å². The highest BCUT2D eigenvalue weighted by molar-refractivity contribution is 6.33. The molecule has 0 radical (unpaired) electrons. The average molecular weight is 243 g/mol. The van der Waals surface area contributed by atoms with Gasteiger partial charge in [0.1, 0.15) is 0 Å². The van der Waals surface area contributed by atoms with E-state index in [1.54, 1.807) is 6.07 Å². The highest BCUT2D eigenvalue weighted by atomic mass is 35.5. The maximum atomic E-state index is 8.62. The molecule has 0 aliphatic rings. The molecule has 0 bridgehead atoms. The zero-order valence-corrected chi connectivity index (χ0v) is 10.1. The van der Waals surface area contributed by atoms with Gasteiger partial charge in [0, 0.05) is 18.8 Å². The van der Waals surface area contributed by atoms with Gasteiger partial charge in [0.05, 0.1) is 10.7 Å². The van der Waals surface area contributed by atoms with Gasteiger partial charge >= 0.3 is 0 Å². The van der Waals surface area contributed by atoms with Crippen LogP contribution in [0.3, 0.4) is 0 Å². The molecule has 0 saturated heterocycles. The first-order chi connectivity index (χ1) is 7.74. The highest BCUT2D eigenvalue weighted by Crippen LogP contribution is 2.23. The summed E-state index contributed by atoms with van der Waals surface area (Å²) < 4.78 is 0. The van der Waals surface area contributed by atoms with Crippen molar-refractivity contribution >= 4 is 23.0 Å². The molecule has 4 N–H and O–H groups in total. The molecule has 90 valence electrons. The van der Waals surface area contributed by atoms with Crippen LogP contribution < -0.4 is 11.1 Å². The van der Waals surface area contributed by atoms with Gasteiger partial charge in [0.2, 0.25) is 0 Å². The summed E-state index contributed by atoms with van der Waals surface area (Å²) >= 11 is 6.02. The fourth-order valence-electron chi connectivity index (χ4n) is 1.49. The minimum Gasteiger partial charge on any atom is -0.399 e. The Morgan fingerprint density at radius 1 is 1.19 bits per heavy atom. The van der Waals surface area contributed by atoms with E-state index in [4.69, 9.17) is 22.4 Å². The summed E-state index contributed by atoms with van der Waals surface area (Å²) in [6.45, 7) is 1.19. The van der Waals surface area contributed by atoms with Crippen molar-refractivity contribution in [2.24, 2.45) is 0 Å². The molecule has 0 saturated carbocycles. The number of hydrogen-bond acceptors (Lipinski definition) is 3. The van der Waals surface area contributed by atoms with Crippen LogP contribution in [0, 0.1) is 0 Å². The maximum Gasteiger partial charge on any atom is 0.0657 e. The van der Waals surface area contributed by atoms with Crippen molar-refractivity contribution in [2.45, 2.75) is 25.7 Å². The van der Waals surface area contributed by atoms with E-state index in [2.05, 4.69) is 5.32 Å². The van der Waals surface area contributed by atoms with Crippen molar-refractivity contribution in [3.05, 3.63) is 23.2 Å². The molecule has 0 unspecified atom stereocenters. The number of benzene rings is 1. The number of nitrogen functional groups attached to an aromatic ring is 1. The van der Waals surface area contributed by atoms with E-state index >= 15 is 0 Å². The van der Waals surface area contributed by atoms with Gasteiger partial charge in [0.25, 0.3) is 0 Å². The summed E-state index contributed by atoms with van der Waals surface area (Å²) in [6, 6.07) is 5.47. The Hall–Kier alpha value is -0.930. The van der Waals surface area contributed by atoms with Gasteiger partial charge < -0.3 is 16.2 Å². The van der Waals surface area contributed by atoms with Crippen molar-refractivity contribution in [1.82, 2.24) is 0 Å². The minimum atomic E-state index is 0.289. The minimum absolute atomic E-state index is 0.289. The number of unbranched alkanes of at least 4 members (excludes halogenated alkanes) is 3. The average Bonchev–Trinajstić information content (AvgIpc) is 2.26. The third-order valence-corrected chi connectivity index (χ3v) is 2.71. The number of halogens is 1. The SMILES string of the molecule is Nc1ccc(NCCCCCCO)c(Cl)c1. The van der Waals surface area contributed by atoms with Gasteiger partial charge in [-0.3, -0.25) is 0 Å². The van der Waals surface area contributed by atoms with Gasteiger partial charge in [-0.05, 0) is 31.0 Å². The Morgan fingerprint density at radius 3 is 2.62 bits per heavy atom. The summed E-state index contributed by atoms with van der Waals surface area (Å²) in [5.74, 6) is 0. The van der Waals surface area contributed by atoms with Crippen LogP contribution in [0.25, 0.3) is 0 Å². The summed E-state index contributed by atoms with van der Waals surface area (Å²) in [7, 11) is 0. The zero-order valence-electron chi connectivity index (χ0n) is 9.38. The molecular weight excluding hydrogens is 224 g/mol. The monoisotopic (exact) mass is 242 g/mol. The standard InChI is InChI=1S/C12H19ClN2O/c13-11-9-10(14)5-6-12(11)15-7-3-1-2-4-8-16/h5-6,9,15-16H,1-4,7-8,14H2. The second-order valence-electron chi connectivity index (χ2n) is 3.80. The Morgan fingerprint density at radius 2 is 1.94 bits per heavy atom. The third-order valence-electron chi connectivity index (χ3n) is 2.39. The van der Waals surface area contributed by atoms with Crippen LogP contribution >= 0.6 is 11.6 Å². The molecule has 0 fully saturated rings. The first-order valence-electron chi connectivity index (χ1n) is 5.64. The number of rotatable bonds is 7. The van der Waals surface area contributed by atoms with E-state index in [1.807, 2.05) is 12.1 Å². The van der Waals surface area contributed by atoms with E-state index in [0.29, 0.717) is 10.7 Å². The molecule has 16 heavy (non-hydrogen) atoms. The molecule has 0 heterocycles. The first-order valence-corrected chi connectivity index (χ1v) is 6.01. The Labute approximate surface area is 102 Å². The van der Waals surface area contributed by atoms with E-state index in [1.165, 1.54) is 0 Å². The first kappa shape index (κ1) is 13.1. The predicted molar refractivity (Wildman–Crippen MR) is 69.9 cm³/mol. The number of anilines is 2. The summed E-state index contributed by atoms with van der Waals surface area (Å²) in [5, 5.41) is 12.5. The summed E-state index contributed by atoms with van der Waals surface area (Å²) in [4.78, 5) is 0. The number of nitrogens with two attached hydrogens (primary N) is 1. The van der Waals surface area contributed by atoms with Crippen LogP contribution in [0.4, 0.5) is 11.4 Å². The number of aliphatic hydroxyl groups is 1. The lowest BCUT2D eigenvalue weighted by molar-refractivity contribution is 0.283. The molecule has 4 heteroatoms. The molecule has 0 amide bonds. The second-order valence-corrected chi connectivity index (χ2v) is 4.21. The fraction of sp³-hybridized carbons (Fsp3) is 0.500. The van der Waals surface area contributed by atoms with Crippen LogP contribution in [-0.2, 0) is 0 Å². The Kier molecular flexibility index (Phi) is 6.04. The quantitative estimate of drug-likeness (QED) is 0.509. The molecule has 0 aliphatic carbocycles. The van der Waals surface area contributed by atoms with Crippen LogP contribution in [0.2, 0.25) is 5.02 Å². The van der Waals surface area contributed by atoms with Crippen molar-refractivity contribution < 1.29 is 5.11 Å². The number of aliphatic hydroxyl groups excluding tert-OH is 1. The lowest BCUT2D eigenvalue weighted by atomic mass is 10.2. The van der Waals surface area contributed by atoms with Gasteiger partial charge in [-0.2, -0.15) is 0 Å². The molecule has 1 aromatic carbocycles. The zero-order chi connectivity index (χ0) is 11.8.